The van der Waals surface area contributed by atoms with Crippen molar-refractivity contribution in [2.45, 2.75) is 32.3 Å². The summed E-state index contributed by atoms with van der Waals surface area (Å²) in [6.45, 7) is 1.85. The molecule has 25 heavy (non-hydrogen) atoms. The van der Waals surface area contributed by atoms with Crippen molar-refractivity contribution < 1.29 is 18.3 Å². The summed E-state index contributed by atoms with van der Waals surface area (Å²) in [5, 5.41) is 0. The lowest BCUT2D eigenvalue weighted by atomic mass is 9.91. The highest BCUT2D eigenvalue weighted by atomic mass is 19.1. The lowest BCUT2D eigenvalue weighted by Gasteiger charge is -2.32. The third-order valence-electron chi connectivity index (χ3n) is 4.70. The van der Waals surface area contributed by atoms with Gasteiger partial charge in [0.05, 0.1) is 0 Å². The Bertz CT molecular complexity index is 712. The van der Waals surface area contributed by atoms with E-state index in [-0.39, 0.29) is 11.7 Å². The fourth-order valence-electron chi connectivity index (χ4n) is 3.42. The number of likely N-dealkylation sites (tertiary alicyclic amines) is 1. The van der Waals surface area contributed by atoms with Crippen molar-refractivity contribution in [2.24, 2.45) is 5.92 Å². The van der Waals surface area contributed by atoms with Crippen molar-refractivity contribution in [2.75, 3.05) is 20.2 Å². The van der Waals surface area contributed by atoms with Crippen LogP contribution in [0.4, 0.5) is 4.39 Å². The van der Waals surface area contributed by atoms with Gasteiger partial charge in [0.1, 0.15) is 18.2 Å². The van der Waals surface area contributed by atoms with Gasteiger partial charge in [-0.2, -0.15) is 0 Å². The van der Waals surface area contributed by atoms with Gasteiger partial charge in [-0.1, -0.05) is 12.1 Å². The number of nitrogens with zero attached hydrogens (tertiary/aromatic N) is 1. The van der Waals surface area contributed by atoms with E-state index in [1.165, 1.54) is 6.07 Å². The molecule has 0 N–H and O–H groups in total. The first kappa shape index (κ1) is 17.7. The van der Waals surface area contributed by atoms with Crippen molar-refractivity contribution in [3.8, 4) is 0 Å². The van der Waals surface area contributed by atoms with Gasteiger partial charge in [-0.3, -0.25) is 4.79 Å². The molecule has 1 aliphatic rings. The molecule has 0 saturated carbocycles. The number of amides is 1. The molecular formula is C20H24FNO3. The summed E-state index contributed by atoms with van der Waals surface area (Å²) in [4.78, 5) is 14.5. The third-order valence-corrected chi connectivity index (χ3v) is 4.70. The number of furan rings is 1. The van der Waals surface area contributed by atoms with Gasteiger partial charge >= 0.3 is 0 Å². The average Bonchev–Trinajstić information content (AvgIpc) is 3.09. The molecule has 2 heterocycles. The Hall–Kier alpha value is -2.14. The van der Waals surface area contributed by atoms with Crippen molar-refractivity contribution in [3.63, 3.8) is 0 Å². The third kappa shape index (κ3) is 4.69. The maximum atomic E-state index is 13.3. The van der Waals surface area contributed by atoms with Crippen LogP contribution in [0.5, 0.6) is 0 Å². The van der Waals surface area contributed by atoms with Crippen molar-refractivity contribution in [3.05, 3.63) is 59.3 Å². The monoisotopic (exact) mass is 345 g/mol. The summed E-state index contributed by atoms with van der Waals surface area (Å²) in [6, 6.07) is 10.2. The van der Waals surface area contributed by atoms with E-state index in [1.54, 1.807) is 31.4 Å². The molecule has 5 heteroatoms. The van der Waals surface area contributed by atoms with Gasteiger partial charge in [0, 0.05) is 20.2 Å². The highest BCUT2D eigenvalue weighted by Crippen LogP contribution is 2.23. The largest absolute Gasteiger partial charge is 0.453 e. The van der Waals surface area contributed by atoms with Crippen LogP contribution in [0.3, 0.4) is 0 Å². The van der Waals surface area contributed by atoms with Crippen LogP contribution in [-0.4, -0.2) is 31.0 Å². The Morgan fingerprint density at radius 3 is 3.04 bits per heavy atom. The van der Waals surface area contributed by atoms with E-state index in [0.29, 0.717) is 24.0 Å². The van der Waals surface area contributed by atoms with Crippen LogP contribution in [0.2, 0.25) is 0 Å². The zero-order valence-corrected chi connectivity index (χ0v) is 14.5. The molecule has 1 amide bonds. The highest BCUT2D eigenvalue weighted by Gasteiger charge is 2.26. The Morgan fingerprint density at radius 1 is 1.36 bits per heavy atom. The summed E-state index contributed by atoms with van der Waals surface area (Å²) in [6.07, 6.45) is 3.89. The number of rotatable bonds is 6. The smallest absolute Gasteiger partial charge is 0.289 e. The summed E-state index contributed by atoms with van der Waals surface area (Å²) < 4.78 is 23.9. The number of hydrogen-bond donors (Lipinski definition) is 0. The van der Waals surface area contributed by atoms with E-state index in [4.69, 9.17) is 9.15 Å². The maximum absolute atomic E-state index is 13.3. The average molecular weight is 345 g/mol. The molecule has 0 radical (unpaired) electrons. The first-order chi connectivity index (χ1) is 12.2. The first-order valence-electron chi connectivity index (χ1n) is 8.77. The standard InChI is InChI=1S/C20H24FNO3/c1-24-14-18-9-10-19(25-18)20(23)22-11-3-5-16(13-22)8-7-15-4-2-6-17(21)12-15/h2,4,6,9-10,12,16H,3,5,7-8,11,13-14H2,1H3/t16-/m0/s1. The summed E-state index contributed by atoms with van der Waals surface area (Å²) in [7, 11) is 1.60. The van der Waals surface area contributed by atoms with Crippen LogP contribution in [0.1, 0.15) is 41.1 Å². The molecule has 1 aliphatic heterocycles. The van der Waals surface area contributed by atoms with Crippen LogP contribution < -0.4 is 0 Å². The Labute approximate surface area is 147 Å². The SMILES string of the molecule is COCc1ccc(C(=O)N2CCC[C@@H](CCc3cccc(F)c3)C2)o1. The van der Waals surface area contributed by atoms with E-state index in [1.807, 2.05) is 11.0 Å². The molecule has 0 spiro atoms. The van der Waals surface area contributed by atoms with Crippen molar-refractivity contribution in [1.29, 1.82) is 0 Å². The molecule has 1 atom stereocenters. The Balaban J connectivity index is 1.55. The highest BCUT2D eigenvalue weighted by molar-refractivity contribution is 5.91. The minimum Gasteiger partial charge on any atom is -0.453 e. The van der Waals surface area contributed by atoms with Gasteiger partial charge in [-0.05, 0) is 61.4 Å². The van der Waals surface area contributed by atoms with Crippen molar-refractivity contribution in [1.82, 2.24) is 4.90 Å². The zero-order valence-electron chi connectivity index (χ0n) is 14.5. The van der Waals surface area contributed by atoms with Gasteiger partial charge in [0.2, 0.25) is 0 Å². The molecule has 3 rings (SSSR count). The first-order valence-corrected chi connectivity index (χ1v) is 8.77. The van der Waals surface area contributed by atoms with Gasteiger partial charge in [-0.15, -0.1) is 0 Å². The van der Waals surface area contributed by atoms with E-state index < -0.39 is 0 Å². The molecular weight excluding hydrogens is 321 g/mol. The number of carbonyl (C=O) groups is 1. The Kier molecular flexibility index (Phi) is 5.87. The van der Waals surface area contributed by atoms with Gasteiger partial charge < -0.3 is 14.1 Å². The van der Waals surface area contributed by atoms with Gasteiger partial charge in [0.25, 0.3) is 5.91 Å². The van der Waals surface area contributed by atoms with Gasteiger partial charge in [0.15, 0.2) is 5.76 Å². The van der Waals surface area contributed by atoms with E-state index in [9.17, 15) is 9.18 Å². The second-order valence-corrected chi connectivity index (χ2v) is 6.63. The van der Waals surface area contributed by atoms with Gasteiger partial charge in [-0.25, -0.2) is 4.39 Å². The van der Waals surface area contributed by atoms with E-state index in [0.717, 1.165) is 44.3 Å². The van der Waals surface area contributed by atoms with E-state index >= 15 is 0 Å². The molecule has 0 bridgehead atoms. The fraction of sp³-hybridized carbons (Fsp3) is 0.450. The minimum atomic E-state index is -0.192. The van der Waals surface area contributed by atoms with Crippen LogP contribution in [0.15, 0.2) is 40.8 Å². The topological polar surface area (TPSA) is 42.7 Å². The number of carbonyl (C=O) groups excluding carboxylic acids is 1. The quantitative estimate of drug-likeness (QED) is 0.793. The second-order valence-electron chi connectivity index (χ2n) is 6.63. The molecule has 0 unspecified atom stereocenters. The van der Waals surface area contributed by atoms with Crippen LogP contribution in [0.25, 0.3) is 0 Å². The second kappa shape index (κ2) is 8.30. The van der Waals surface area contributed by atoms with Crippen molar-refractivity contribution >= 4 is 5.91 Å². The number of methoxy groups -OCH3 is 1. The number of hydrogen-bond acceptors (Lipinski definition) is 3. The van der Waals surface area contributed by atoms with Crippen LogP contribution in [0, 0.1) is 11.7 Å². The minimum absolute atomic E-state index is 0.0576. The number of halogens is 1. The van der Waals surface area contributed by atoms with Crippen LogP contribution in [-0.2, 0) is 17.8 Å². The maximum Gasteiger partial charge on any atom is 0.289 e. The zero-order chi connectivity index (χ0) is 17.6. The number of ether oxygens (including phenoxy) is 1. The molecule has 4 nitrogen and oxygen atoms in total. The molecule has 1 saturated heterocycles. The predicted molar refractivity (Wildman–Crippen MR) is 92.8 cm³/mol. The normalized spacial score (nSPS) is 17.7. The molecule has 1 fully saturated rings. The molecule has 1 aromatic heterocycles. The summed E-state index contributed by atoms with van der Waals surface area (Å²) in [5.74, 6) is 1.22. The lowest BCUT2D eigenvalue weighted by Crippen LogP contribution is -2.39. The Morgan fingerprint density at radius 2 is 2.24 bits per heavy atom. The fourth-order valence-corrected chi connectivity index (χ4v) is 3.42. The molecule has 0 aliphatic carbocycles. The predicted octanol–water partition coefficient (Wildman–Crippen LogP) is 4.05. The van der Waals surface area contributed by atoms with E-state index in [2.05, 4.69) is 0 Å². The molecule has 134 valence electrons. The number of aryl methyl sites for hydroxylation is 1. The number of benzene rings is 1. The molecule has 2 aromatic rings. The lowest BCUT2D eigenvalue weighted by molar-refractivity contribution is 0.0629. The molecule has 1 aromatic carbocycles. The summed E-state index contributed by atoms with van der Waals surface area (Å²) >= 11 is 0. The number of piperidine rings is 1. The summed E-state index contributed by atoms with van der Waals surface area (Å²) in [5.41, 5.74) is 1.01. The van der Waals surface area contributed by atoms with Crippen LogP contribution >= 0.6 is 0 Å².